The van der Waals surface area contributed by atoms with Crippen molar-refractivity contribution in [2.24, 2.45) is 7.05 Å². The second-order valence-electron chi connectivity index (χ2n) is 6.65. The first-order valence-electron chi connectivity index (χ1n) is 8.57. The highest BCUT2D eigenvalue weighted by Gasteiger charge is 2.45. The normalized spacial score (nSPS) is 21.3. The number of aromatic nitrogens is 3. The molecule has 0 bridgehead atoms. The number of benzene rings is 1. The standard InChI is InChI=1S/C18H18N4O5/c1-11-10-14(23)13-8-9-20-16(24)19(2)17(25)22(20)15(13)21(11)18(26)27-12-6-4-3-5-7-12/h3-8,11,15H,9-10H2,1-2H3/t11-,15+/m0/s1. The first kappa shape index (κ1) is 17.1. The highest BCUT2D eigenvalue weighted by atomic mass is 16.6. The van der Waals surface area contributed by atoms with Gasteiger partial charge in [0.2, 0.25) is 0 Å². The van der Waals surface area contributed by atoms with Gasteiger partial charge in [-0.1, -0.05) is 24.3 Å². The third-order valence-corrected chi connectivity index (χ3v) is 4.95. The minimum Gasteiger partial charge on any atom is -0.410 e. The lowest BCUT2D eigenvalue weighted by Gasteiger charge is -2.42. The van der Waals surface area contributed by atoms with Crippen LogP contribution in [0.15, 0.2) is 51.6 Å². The molecule has 2 aromatic rings. The Hall–Kier alpha value is -3.36. The fourth-order valence-electron chi connectivity index (χ4n) is 3.60. The Morgan fingerprint density at radius 2 is 1.81 bits per heavy atom. The number of hydrogen-bond donors (Lipinski definition) is 0. The first-order chi connectivity index (χ1) is 12.9. The summed E-state index contributed by atoms with van der Waals surface area (Å²) in [5.74, 6) is 0.205. The summed E-state index contributed by atoms with van der Waals surface area (Å²) in [5, 5.41) is 0. The Labute approximate surface area is 153 Å². The van der Waals surface area contributed by atoms with Crippen LogP contribution in [0, 0.1) is 0 Å². The predicted octanol–water partition coefficient (Wildman–Crippen LogP) is 0.649. The zero-order valence-corrected chi connectivity index (χ0v) is 14.9. The van der Waals surface area contributed by atoms with Gasteiger partial charge in [0.15, 0.2) is 11.9 Å². The number of para-hydroxylation sites is 1. The number of ketones is 1. The number of Topliss-reactive ketones (excluding diaryl/α,β-unsaturated/α-hetero) is 1. The Morgan fingerprint density at radius 1 is 1.11 bits per heavy atom. The number of allylic oxidation sites excluding steroid dienone is 1. The van der Waals surface area contributed by atoms with Crippen LogP contribution in [0.1, 0.15) is 19.5 Å². The fourth-order valence-corrected chi connectivity index (χ4v) is 3.60. The minimum absolute atomic E-state index is 0.0996. The van der Waals surface area contributed by atoms with E-state index < -0.39 is 29.7 Å². The molecule has 2 aliphatic heterocycles. The van der Waals surface area contributed by atoms with Crippen molar-refractivity contribution in [1.82, 2.24) is 18.8 Å². The second kappa shape index (κ2) is 6.11. The van der Waals surface area contributed by atoms with E-state index in [4.69, 9.17) is 4.74 Å². The van der Waals surface area contributed by atoms with E-state index in [0.717, 1.165) is 9.25 Å². The van der Waals surface area contributed by atoms with Gasteiger partial charge in [0.05, 0.1) is 6.54 Å². The van der Waals surface area contributed by atoms with Gasteiger partial charge in [0, 0.05) is 25.1 Å². The molecule has 2 aliphatic rings. The number of likely N-dealkylation sites (tertiary alicyclic amines) is 1. The van der Waals surface area contributed by atoms with Crippen molar-refractivity contribution in [3.63, 3.8) is 0 Å². The Kier molecular flexibility index (Phi) is 3.87. The summed E-state index contributed by atoms with van der Waals surface area (Å²) in [6.45, 7) is 1.81. The van der Waals surface area contributed by atoms with E-state index >= 15 is 0 Å². The van der Waals surface area contributed by atoms with Crippen LogP contribution >= 0.6 is 0 Å². The van der Waals surface area contributed by atoms with E-state index in [9.17, 15) is 19.2 Å². The number of hydrogen-bond acceptors (Lipinski definition) is 5. The molecule has 3 heterocycles. The van der Waals surface area contributed by atoms with Crippen LogP contribution in [-0.2, 0) is 18.4 Å². The summed E-state index contributed by atoms with van der Waals surface area (Å²) < 4.78 is 8.79. The van der Waals surface area contributed by atoms with Crippen LogP contribution < -0.4 is 16.1 Å². The highest BCUT2D eigenvalue weighted by molar-refractivity contribution is 5.98. The van der Waals surface area contributed by atoms with Gasteiger partial charge in [-0.05, 0) is 19.1 Å². The molecule has 0 saturated carbocycles. The Bertz CT molecular complexity index is 1080. The fraction of sp³-hybridized carbons (Fsp3) is 0.333. The average molecular weight is 370 g/mol. The molecule has 2 atom stereocenters. The third-order valence-electron chi connectivity index (χ3n) is 4.95. The topological polar surface area (TPSA) is 95.5 Å². The summed E-state index contributed by atoms with van der Waals surface area (Å²) in [6, 6.07) is 8.04. The molecule has 0 N–H and O–H groups in total. The lowest BCUT2D eigenvalue weighted by Crippen LogP contribution is -2.55. The predicted molar refractivity (Wildman–Crippen MR) is 94.4 cm³/mol. The van der Waals surface area contributed by atoms with Crippen molar-refractivity contribution in [2.75, 3.05) is 0 Å². The highest BCUT2D eigenvalue weighted by Crippen LogP contribution is 2.34. The van der Waals surface area contributed by atoms with Crippen LogP contribution in [0.5, 0.6) is 5.75 Å². The smallest absolute Gasteiger partial charge is 0.410 e. The number of fused-ring (bicyclic) bond motifs is 3. The molecule has 9 heteroatoms. The van der Waals surface area contributed by atoms with Crippen LogP contribution in [0.2, 0.25) is 0 Å². The number of amides is 1. The third kappa shape index (κ3) is 2.54. The van der Waals surface area contributed by atoms with E-state index in [2.05, 4.69) is 0 Å². The van der Waals surface area contributed by atoms with E-state index in [1.165, 1.54) is 16.6 Å². The number of nitrogens with zero attached hydrogens (tertiary/aromatic N) is 4. The molecule has 1 amide bonds. The number of ether oxygens (including phenoxy) is 1. The molecule has 1 aromatic carbocycles. The molecular weight excluding hydrogens is 352 g/mol. The van der Waals surface area contributed by atoms with E-state index in [-0.39, 0.29) is 18.7 Å². The molecular formula is C18H18N4O5. The van der Waals surface area contributed by atoms with Crippen molar-refractivity contribution >= 4 is 11.9 Å². The van der Waals surface area contributed by atoms with E-state index in [0.29, 0.717) is 11.3 Å². The monoisotopic (exact) mass is 370 g/mol. The van der Waals surface area contributed by atoms with Gasteiger partial charge in [-0.3, -0.25) is 9.69 Å². The maximum Gasteiger partial charge on any atom is 0.417 e. The zero-order valence-electron chi connectivity index (χ0n) is 14.9. The van der Waals surface area contributed by atoms with Gasteiger partial charge in [-0.2, -0.15) is 0 Å². The molecule has 0 aliphatic carbocycles. The van der Waals surface area contributed by atoms with Crippen molar-refractivity contribution in [3.05, 3.63) is 62.9 Å². The summed E-state index contributed by atoms with van der Waals surface area (Å²) >= 11 is 0. The van der Waals surface area contributed by atoms with Gasteiger partial charge in [-0.25, -0.2) is 28.3 Å². The molecule has 9 nitrogen and oxygen atoms in total. The van der Waals surface area contributed by atoms with Crippen molar-refractivity contribution in [2.45, 2.75) is 32.1 Å². The number of carbonyl (C=O) groups excluding carboxylic acids is 2. The molecule has 0 unspecified atom stereocenters. The second-order valence-corrected chi connectivity index (χ2v) is 6.65. The van der Waals surface area contributed by atoms with Gasteiger partial charge in [0.25, 0.3) is 0 Å². The summed E-state index contributed by atoms with van der Waals surface area (Å²) in [5.41, 5.74) is -0.766. The summed E-state index contributed by atoms with van der Waals surface area (Å²) in [6.07, 6.45) is 0.0296. The first-order valence-corrected chi connectivity index (χ1v) is 8.57. The molecule has 1 saturated heterocycles. The maximum atomic E-state index is 12.9. The number of carbonyl (C=O) groups is 2. The molecule has 1 aromatic heterocycles. The molecule has 0 radical (unpaired) electrons. The van der Waals surface area contributed by atoms with Crippen molar-refractivity contribution in [1.29, 1.82) is 0 Å². The zero-order chi connectivity index (χ0) is 19.3. The minimum atomic E-state index is -1.01. The lowest BCUT2D eigenvalue weighted by molar-refractivity contribution is -0.120. The lowest BCUT2D eigenvalue weighted by atomic mass is 9.93. The Morgan fingerprint density at radius 3 is 2.52 bits per heavy atom. The molecule has 4 rings (SSSR count). The largest absolute Gasteiger partial charge is 0.417 e. The van der Waals surface area contributed by atoms with Gasteiger partial charge < -0.3 is 4.74 Å². The molecule has 140 valence electrons. The summed E-state index contributed by atoms with van der Waals surface area (Å²) in [7, 11) is 1.36. The van der Waals surface area contributed by atoms with Crippen LogP contribution in [-0.4, -0.2) is 36.7 Å². The van der Waals surface area contributed by atoms with Crippen LogP contribution in [0.3, 0.4) is 0 Å². The van der Waals surface area contributed by atoms with E-state index in [1.54, 1.807) is 43.3 Å². The van der Waals surface area contributed by atoms with Crippen LogP contribution in [0.4, 0.5) is 4.79 Å². The molecule has 0 spiro atoms. The van der Waals surface area contributed by atoms with E-state index in [1.807, 2.05) is 0 Å². The molecule has 1 fully saturated rings. The van der Waals surface area contributed by atoms with Crippen LogP contribution in [0.25, 0.3) is 0 Å². The number of piperidine rings is 1. The number of rotatable bonds is 1. The van der Waals surface area contributed by atoms with Crippen molar-refractivity contribution in [3.8, 4) is 5.75 Å². The van der Waals surface area contributed by atoms with Gasteiger partial charge in [-0.15, -0.1) is 0 Å². The quantitative estimate of drug-likeness (QED) is 0.734. The SMILES string of the molecule is C[C@H]1CC(=O)C2=CCn3c(=O)n(C)c(=O)n3[C@H]2N1C(=O)Oc1ccccc1. The van der Waals surface area contributed by atoms with Gasteiger partial charge in [0.1, 0.15) is 5.75 Å². The molecule has 27 heavy (non-hydrogen) atoms. The average Bonchev–Trinajstić information content (AvgIpc) is 2.87. The summed E-state index contributed by atoms with van der Waals surface area (Å²) in [4.78, 5) is 51.7. The van der Waals surface area contributed by atoms with Crippen molar-refractivity contribution < 1.29 is 14.3 Å². The Balaban J connectivity index is 1.81. The van der Waals surface area contributed by atoms with Gasteiger partial charge >= 0.3 is 17.5 Å². The maximum absolute atomic E-state index is 12.9.